The van der Waals surface area contributed by atoms with Crippen LogP contribution in [-0.2, 0) is 0 Å². The molecule has 0 unspecified atom stereocenters. The summed E-state index contributed by atoms with van der Waals surface area (Å²) in [6, 6.07) is 6.37. The molecule has 0 spiro atoms. The van der Waals surface area contributed by atoms with Gasteiger partial charge in [0.25, 0.3) is 0 Å². The Morgan fingerprint density at radius 3 is 3.00 bits per heavy atom. The van der Waals surface area contributed by atoms with Crippen molar-refractivity contribution in [2.45, 2.75) is 13.0 Å². The maximum atomic E-state index is 5.82. The largest absolute Gasteiger partial charge is 0.488 e. The summed E-state index contributed by atoms with van der Waals surface area (Å²) in [6.45, 7) is 4.09. The summed E-state index contributed by atoms with van der Waals surface area (Å²) >= 11 is 1.79. The molecule has 1 fully saturated rings. The number of hydrogen-bond donors (Lipinski definition) is 1. The Morgan fingerprint density at radius 2 is 2.27 bits per heavy atom. The second-order valence-corrected chi connectivity index (χ2v) is 4.89. The lowest BCUT2D eigenvalue weighted by Gasteiger charge is -2.27. The normalized spacial score (nSPS) is 16.6. The molecule has 0 bridgehead atoms. The van der Waals surface area contributed by atoms with Gasteiger partial charge < -0.3 is 10.1 Å². The Hall–Kier alpha value is -1.06. The van der Waals surface area contributed by atoms with E-state index in [1.54, 1.807) is 11.3 Å². The molecule has 78 valence electrons. The van der Waals surface area contributed by atoms with E-state index in [1.165, 1.54) is 15.6 Å². The van der Waals surface area contributed by atoms with Crippen LogP contribution in [0.1, 0.15) is 5.56 Å². The molecule has 1 aliphatic rings. The van der Waals surface area contributed by atoms with Crippen LogP contribution in [0, 0.1) is 6.92 Å². The maximum absolute atomic E-state index is 5.82. The third-order valence-corrected chi connectivity index (χ3v) is 3.87. The molecule has 2 heterocycles. The molecule has 0 radical (unpaired) electrons. The number of thiophene rings is 1. The molecular formula is C12H13NOS. The van der Waals surface area contributed by atoms with Crippen LogP contribution in [-0.4, -0.2) is 19.2 Å². The van der Waals surface area contributed by atoms with Gasteiger partial charge in [0.15, 0.2) is 0 Å². The quantitative estimate of drug-likeness (QED) is 0.838. The summed E-state index contributed by atoms with van der Waals surface area (Å²) in [7, 11) is 0. The number of nitrogens with one attached hydrogen (secondary N) is 1. The van der Waals surface area contributed by atoms with Crippen molar-refractivity contribution < 1.29 is 4.74 Å². The van der Waals surface area contributed by atoms with Crippen molar-refractivity contribution in [1.29, 1.82) is 0 Å². The highest BCUT2D eigenvalue weighted by Gasteiger charge is 2.18. The van der Waals surface area contributed by atoms with E-state index in [2.05, 4.69) is 35.8 Å². The molecule has 1 N–H and O–H groups in total. The summed E-state index contributed by atoms with van der Waals surface area (Å²) in [5, 5.41) is 6.72. The smallest absolute Gasteiger partial charge is 0.123 e. The molecule has 0 aliphatic carbocycles. The lowest BCUT2D eigenvalue weighted by molar-refractivity contribution is 0.142. The average Bonchev–Trinajstić information content (AvgIpc) is 2.55. The number of aryl methyl sites for hydroxylation is 1. The molecule has 2 nitrogen and oxygen atoms in total. The minimum Gasteiger partial charge on any atom is -0.488 e. The Kier molecular flexibility index (Phi) is 2.15. The van der Waals surface area contributed by atoms with Crippen molar-refractivity contribution in [3.8, 4) is 5.75 Å². The van der Waals surface area contributed by atoms with Crippen molar-refractivity contribution in [1.82, 2.24) is 5.32 Å². The minimum atomic E-state index is 0.362. The number of fused-ring (bicyclic) bond motifs is 1. The summed E-state index contributed by atoms with van der Waals surface area (Å²) in [5.74, 6) is 0.996. The monoisotopic (exact) mass is 219 g/mol. The van der Waals surface area contributed by atoms with Crippen LogP contribution >= 0.6 is 11.3 Å². The number of rotatable bonds is 2. The minimum absolute atomic E-state index is 0.362. The average molecular weight is 219 g/mol. The van der Waals surface area contributed by atoms with Gasteiger partial charge >= 0.3 is 0 Å². The van der Waals surface area contributed by atoms with E-state index in [1.807, 2.05) is 0 Å². The predicted octanol–water partition coefficient (Wildman–Crippen LogP) is 2.56. The van der Waals surface area contributed by atoms with Gasteiger partial charge in [-0.15, -0.1) is 11.3 Å². The van der Waals surface area contributed by atoms with Gasteiger partial charge in [-0.1, -0.05) is 0 Å². The van der Waals surface area contributed by atoms with Gasteiger partial charge in [0.2, 0.25) is 0 Å². The molecule has 1 aromatic heterocycles. The van der Waals surface area contributed by atoms with Gasteiger partial charge in [-0.25, -0.2) is 0 Å². The number of benzene rings is 1. The van der Waals surface area contributed by atoms with E-state index in [-0.39, 0.29) is 0 Å². The molecular weight excluding hydrogens is 206 g/mol. The van der Waals surface area contributed by atoms with Crippen LogP contribution in [0.15, 0.2) is 23.6 Å². The zero-order valence-electron chi connectivity index (χ0n) is 8.62. The Bertz CT molecular complexity index is 487. The SMILES string of the molecule is Cc1csc2ccc(OC3CNC3)cc12. The van der Waals surface area contributed by atoms with Crippen molar-refractivity contribution in [3.63, 3.8) is 0 Å². The van der Waals surface area contributed by atoms with E-state index < -0.39 is 0 Å². The first-order valence-electron chi connectivity index (χ1n) is 5.18. The second kappa shape index (κ2) is 3.51. The summed E-state index contributed by atoms with van der Waals surface area (Å²) in [4.78, 5) is 0. The standard InChI is InChI=1S/C12H13NOS/c1-8-7-15-12-3-2-9(4-11(8)12)14-10-5-13-6-10/h2-4,7,10,13H,5-6H2,1H3. The van der Waals surface area contributed by atoms with E-state index in [4.69, 9.17) is 4.74 Å². The summed E-state index contributed by atoms with van der Waals surface area (Å²) in [6.07, 6.45) is 0.362. The van der Waals surface area contributed by atoms with Crippen LogP contribution in [0.4, 0.5) is 0 Å². The zero-order valence-corrected chi connectivity index (χ0v) is 9.43. The molecule has 2 aromatic rings. The Labute approximate surface area is 92.9 Å². The van der Waals surface area contributed by atoms with Crippen LogP contribution in [0.25, 0.3) is 10.1 Å². The van der Waals surface area contributed by atoms with Gasteiger partial charge in [0.05, 0.1) is 0 Å². The Balaban J connectivity index is 1.93. The van der Waals surface area contributed by atoms with Crippen molar-refractivity contribution in [2.75, 3.05) is 13.1 Å². The molecule has 3 heteroatoms. The molecule has 0 atom stereocenters. The van der Waals surface area contributed by atoms with E-state index in [9.17, 15) is 0 Å². The van der Waals surface area contributed by atoms with Crippen LogP contribution in [0.2, 0.25) is 0 Å². The van der Waals surface area contributed by atoms with Crippen molar-refractivity contribution in [3.05, 3.63) is 29.1 Å². The van der Waals surface area contributed by atoms with Crippen LogP contribution in [0.5, 0.6) is 5.75 Å². The first-order chi connectivity index (χ1) is 7.33. The maximum Gasteiger partial charge on any atom is 0.123 e. The van der Waals surface area contributed by atoms with Crippen LogP contribution in [0.3, 0.4) is 0 Å². The fraction of sp³-hybridized carbons (Fsp3) is 0.333. The van der Waals surface area contributed by atoms with Gasteiger partial charge in [0, 0.05) is 17.8 Å². The highest BCUT2D eigenvalue weighted by Crippen LogP contribution is 2.29. The van der Waals surface area contributed by atoms with E-state index >= 15 is 0 Å². The van der Waals surface area contributed by atoms with E-state index in [0.29, 0.717) is 6.10 Å². The molecule has 3 rings (SSSR count). The molecule has 0 saturated carbocycles. The van der Waals surface area contributed by atoms with Crippen LogP contribution < -0.4 is 10.1 Å². The van der Waals surface area contributed by atoms with Gasteiger partial charge in [-0.3, -0.25) is 0 Å². The third-order valence-electron chi connectivity index (χ3n) is 2.79. The van der Waals surface area contributed by atoms with Crippen molar-refractivity contribution >= 4 is 21.4 Å². The van der Waals surface area contributed by atoms with Gasteiger partial charge in [0.1, 0.15) is 11.9 Å². The summed E-state index contributed by atoms with van der Waals surface area (Å²) in [5.41, 5.74) is 1.34. The third kappa shape index (κ3) is 1.62. The molecule has 0 amide bonds. The number of hydrogen-bond acceptors (Lipinski definition) is 3. The first-order valence-corrected chi connectivity index (χ1v) is 6.06. The molecule has 1 aliphatic heterocycles. The summed E-state index contributed by atoms with van der Waals surface area (Å²) < 4.78 is 7.16. The second-order valence-electron chi connectivity index (χ2n) is 3.97. The number of ether oxygens (including phenoxy) is 1. The highest BCUT2D eigenvalue weighted by molar-refractivity contribution is 7.17. The van der Waals surface area contributed by atoms with Gasteiger partial charge in [-0.2, -0.15) is 0 Å². The predicted molar refractivity (Wildman–Crippen MR) is 63.8 cm³/mol. The zero-order chi connectivity index (χ0) is 10.3. The Morgan fingerprint density at radius 1 is 1.40 bits per heavy atom. The van der Waals surface area contributed by atoms with Crippen molar-refractivity contribution in [2.24, 2.45) is 0 Å². The topological polar surface area (TPSA) is 21.3 Å². The molecule has 1 saturated heterocycles. The lowest BCUT2D eigenvalue weighted by atomic mass is 10.2. The van der Waals surface area contributed by atoms with Gasteiger partial charge in [-0.05, 0) is 41.5 Å². The first kappa shape index (κ1) is 9.19. The molecule has 15 heavy (non-hydrogen) atoms. The van der Waals surface area contributed by atoms with E-state index in [0.717, 1.165) is 18.8 Å². The highest BCUT2D eigenvalue weighted by atomic mass is 32.1. The molecule has 1 aromatic carbocycles. The lowest BCUT2D eigenvalue weighted by Crippen LogP contribution is -2.50. The fourth-order valence-corrected chi connectivity index (χ4v) is 2.67. The fourth-order valence-electron chi connectivity index (χ4n) is 1.75.